The highest BCUT2D eigenvalue weighted by Gasteiger charge is 2.35. The van der Waals surface area contributed by atoms with Gasteiger partial charge in [0, 0.05) is 50.0 Å². The molecule has 2 heterocycles. The molecule has 1 atom stereocenters. The maximum atomic E-state index is 12.9. The molecule has 9 heteroatoms. The van der Waals surface area contributed by atoms with Crippen molar-refractivity contribution in [3.8, 4) is 0 Å². The molecule has 2 N–H and O–H groups in total. The number of nitrogens with zero attached hydrogens (tertiary/aromatic N) is 3. The predicted octanol–water partition coefficient (Wildman–Crippen LogP) is 0.551. The van der Waals surface area contributed by atoms with E-state index in [0.717, 1.165) is 31.7 Å². The molecule has 0 saturated carbocycles. The van der Waals surface area contributed by atoms with Crippen LogP contribution in [0.3, 0.4) is 0 Å². The monoisotopic (exact) mass is 421 g/mol. The molecule has 0 radical (unpaired) electrons. The van der Waals surface area contributed by atoms with Crippen LogP contribution in [-0.4, -0.2) is 91.3 Å². The minimum absolute atomic E-state index is 0.0915. The van der Waals surface area contributed by atoms with Gasteiger partial charge in [0.2, 0.25) is 17.7 Å². The molecule has 0 aliphatic carbocycles. The quantitative estimate of drug-likeness (QED) is 0.725. The Labute approximate surface area is 176 Å². The maximum absolute atomic E-state index is 12.9. The van der Waals surface area contributed by atoms with E-state index in [1.54, 1.807) is 17.0 Å². The Morgan fingerprint density at radius 2 is 1.93 bits per heavy atom. The third-order valence-corrected chi connectivity index (χ3v) is 5.85. The van der Waals surface area contributed by atoms with Crippen LogP contribution in [0, 0.1) is 6.92 Å². The summed E-state index contributed by atoms with van der Waals surface area (Å²) in [5.41, 5.74) is 1.48. The number of hydrogen-bond donors (Lipinski definition) is 2. The first-order chi connectivity index (χ1) is 13.8. The largest absolute Gasteiger partial charge is 0.353 e. The number of rotatable bonds is 5. The number of nitrogens with one attached hydrogen (secondary N) is 2. The van der Waals surface area contributed by atoms with Gasteiger partial charge in [0.05, 0.1) is 13.0 Å². The minimum atomic E-state index is -0.801. The Morgan fingerprint density at radius 3 is 2.62 bits per heavy atom. The number of carbonyl (C=O) groups is 3. The molecule has 2 saturated heterocycles. The van der Waals surface area contributed by atoms with Gasteiger partial charge in [-0.1, -0.05) is 17.7 Å². The normalized spacial score (nSPS) is 21.0. The number of likely N-dealkylation sites (N-methyl/N-ethyl adjacent to an activating group) is 1. The highest BCUT2D eigenvalue weighted by molar-refractivity contribution is 6.31. The van der Waals surface area contributed by atoms with Crippen molar-refractivity contribution in [2.45, 2.75) is 19.4 Å². The van der Waals surface area contributed by atoms with E-state index in [0.29, 0.717) is 23.8 Å². The van der Waals surface area contributed by atoms with Gasteiger partial charge in [0.15, 0.2) is 0 Å². The van der Waals surface area contributed by atoms with Crippen molar-refractivity contribution in [1.82, 2.24) is 20.0 Å². The topological polar surface area (TPSA) is 85.0 Å². The van der Waals surface area contributed by atoms with E-state index >= 15 is 0 Å². The number of benzene rings is 1. The van der Waals surface area contributed by atoms with Crippen molar-refractivity contribution in [3.63, 3.8) is 0 Å². The van der Waals surface area contributed by atoms with E-state index in [1.165, 1.54) is 0 Å². The number of halogens is 1. The summed E-state index contributed by atoms with van der Waals surface area (Å²) >= 11 is 6.10. The summed E-state index contributed by atoms with van der Waals surface area (Å²) in [5, 5.41) is 6.08. The fraction of sp³-hybridized carbons (Fsp3) is 0.550. The van der Waals surface area contributed by atoms with Crippen LogP contribution in [0.5, 0.6) is 0 Å². The zero-order valence-electron chi connectivity index (χ0n) is 16.9. The van der Waals surface area contributed by atoms with Crippen LogP contribution in [0.25, 0.3) is 0 Å². The van der Waals surface area contributed by atoms with Gasteiger partial charge in [-0.25, -0.2) is 0 Å². The molecule has 3 amide bonds. The number of amides is 3. The molecule has 2 fully saturated rings. The maximum Gasteiger partial charge on any atom is 0.243 e. The van der Waals surface area contributed by atoms with E-state index in [-0.39, 0.29) is 30.7 Å². The molecule has 0 bridgehead atoms. The number of anilines is 1. The molecule has 29 heavy (non-hydrogen) atoms. The molecule has 0 unspecified atom stereocenters. The average molecular weight is 422 g/mol. The lowest BCUT2D eigenvalue weighted by Crippen LogP contribution is -2.60. The van der Waals surface area contributed by atoms with E-state index in [9.17, 15) is 14.4 Å². The lowest BCUT2D eigenvalue weighted by atomic mass is 10.1. The van der Waals surface area contributed by atoms with E-state index in [4.69, 9.17) is 11.6 Å². The zero-order valence-corrected chi connectivity index (χ0v) is 17.7. The summed E-state index contributed by atoms with van der Waals surface area (Å²) in [7, 11) is 2.06. The van der Waals surface area contributed by atoms with Gasteiger partial charge in [-0.3, -0.25) is 19.3 Å². The van der Waals surface area contributed by atoms with Crippen molar-refractivity contribution in [1.29, 1.82) is 0 Å². The molecule has 0 spiro atoms. The standard InChI is InChI=1S/C20H28ClN5O3/c1-14-3-4-15(11-16(14)21)23-18(27)12-17-20(29)22-5-6-26(17)19(28)13-25-9-7-24(2)8-10-25/h3-4,11,17H,5-10,12-13H2,1-2H3,(H,22,29)(H,23,27)/t17-/m1/s1. The Kier molecular flexibility index (Phi) is 7.10. The third kappa shape index (κ3) is 5.68. The van der Waals surface area contributed by atoms with Crippen molar-refractivity contribution in [3.05, 3.63) is 28.8 Å². The van der Waals surface area contributed by atoms with Crippen molar-refractivity contribution >= 4 is 35.0 Å². The third-order valence-electron chi connectivity index (χ3n) is 5.44. The summed E-state index contributed by atoms with van der Waals surface area (Å²) in [6.45, 7) is 6.43. The SMILES string of the molecule is Cc1ccc(NC(=O)C[C@@H]2C(=O)NCCN2C(=O)CN2CCN(C)CC2)cc1Cl. The van der Waals surface area contributed by atoms with Crippen molar-refractivity contribution < 1.29 is 14.4 Å². The first-order valence-corrected chi connectivity index (χ1v) is 10.3. The highest BCUT2D eigenvalue weighted by Crippen LogP contribution is 2.20. The molecule has 2 aliphatic heterocycles. The molecule has 0 aromatic heterocycles. The Bertz CT molecular complexity index is 779. The molecular weight excluding hydrogens is 394 g/mol. The summed E-state index contributed by atoms with van der Waals surface area (Å²) in [4.78, 5) is 43.7. The van der Waals surface area contributed by atoms with Crippen molar-refractivity contribution in [2.24, 2.45) is 0 Å². The van der Waals surface area contributed by atoms with Crippen LogP contribution < -0.4 is 10.6 Å². The molecule has 8 nitrogen and oxygen atoms in total. The van der Waals surface area contributed by atoms with Crippen LogP contribution in [0.1, 0.15) is 12.0 Å². The van der Waals surface area contributed by atoms with Crippen LogP contribution in [0.4, 0.5) is 5.69 Å². The smallest absolute Gasteiger partial charge is 0.243 e. The fourth-order valence-corrected chi connectivity index (χ4v) is 3.74. The highest BCUT2D eigenvalue weighted by atomic mass is 35.5. The molecule has 158 valence electrons. The Morgan fingerprint density at radius 1 is 1.21 bits per heavy atom. The van der Waals surface area contributed by atoms with Crippen LogP contribution >= 0.6 is 11.6 Å². The van der Waals surface area contributed by atoms with Crippen LogP contribution in [0.2, 0.25) is 5.02 Å². The van der Waals surface area contributed by atoms with Gasteiger partial charge < -0.3 is 20.4 Å². The van der Waals surface area contributed by atoms with Crippen LogP contribution in [-0.2, 0) is 14.4 Å². The second-order valence-electron chi connectivity index (χ2n) is 7.69. The first-order valence-electron chi connectivity index (χ1n) is 9.87. The molecule has 2 aliphatic rings. The summed E-state index contributed by atoms with van der Waals surface area (Å²) < 4.78 is 0. The molecular formula is C20H28ClN5O3. The molecule has 1 aromatic carbocycles. The van der Waals surface area contributed by atoms with Crippen LogP contribution in [0.15, 0.2) is 18.2 Å². The van der Waals surface area contributed by atoms with Gasteiger partial charge in [0.1, 0.15) is 6.04 Å². The summed E-state index contributed by atoms with van der Waals surface area (Å²) in [5.74, 6) is -0.731. The van der Waals surface area contributed by atoms with Crippen molar-refractivity contribution in [2.75, 3.05) is 58.2 Å². The second kappa shape index (κ2) is 9.56. The van der Waals surface area contributed by atoms with Gasteiger partial charge >= 0.3 is 0 Å². The minimum Gasteiger partial charge on any atom is -0.353 e. The predicted molar refractivity (Wildman–Crippen MR) is 112 cm³/mol. The number of aryl methyl sites for hydroxylation is 1. The zero-order chi connectivity index (χ0) is 21.0. The Hall–Kier alpha value is -2.16. The van der Waals surface area contributed by atoms with E-state index in [1.807, 2.05) is 13.0 Å². The Balaban J connectivity index is 1.61. The number of piperazine rings is 2. The van der Waals surface area contributed by atoms with E-state index < -0.39 is 6.04 Å². The molecule has 1 aromatic rings. The fourth-order valence-electron chi connectivity index (χ4n) is 3.56. The van der Waals surface area contributed by atoms with Gasteiger partial charge in [-0.15, -0.1) is 0 Å². The van der Waals surface area contributed by atoms with Gasteiger partial charge in [-0.2, -0.15) is 0 Å². The lowest BCUT2D eigenvalue weighted by Gasteiger charge is -2.37. The first kappa shape index (κ1) is 21.5. The summed E-state index contributed by atoms with van der Waals surface area (Å²) in [6.07, 6.45) is -0.0915. The van der Waals surface area contributed by atoms with Gasteiger partial charge in [-0.05, 0) is 31.7 Å². The summed E-state index contributed by atoms with van der Waals surface area (Å²) in [6, 6.07) is 4.45. The number of carbonyl (C=O) groups excluding carboxylic acids is 3. The average Bonchev–Trinajstić information content (AvgIpc) is 2.68. The van der Waals surface area contributed by atoms with E-state index in [2.05, 4.69) is 27.5 Å². The number of hydrogen-bond acceptors (Lipinski definition) is 5. The molecule has 3 rings (SSSR count). The lowest BCUT2D eigenvalue weighted by molar-refractivity contribution is -0.145. The van der Waals surface area contributed by atoms with Gasteiger partial charge in [0.25, 0.3) is 0 Å². The second-order valence-corrected chi connectivity index (χ2v) is 8.10.